The number of benzene rings is 1. The van der Waals surface area contributed by atoms with Crippen molar-refractivity contribution in [1.29, 1.82) is 0 Å². The highest BCUT2D eigenvalue weighted by molar-refractivity contribution is 5.57. The van der Waals surface area contributed by atoms with Gasteiger partial charge in [-0.15, -0.1) is 0 Å². The van der Waals surface area contributed by atoms with E-state index < -0.39 is 0 Å². The Kier molecular flexibility index (Phi) is 2.46. The molecular weight excluding hydrogens is 160 g/mol. The van der Waals surface area contributed by atoms with Crippen molar-refractivity contribution in [1.82, 2.24) is 0 Å². The fraction of sp³-hybridized carbons (Fsp3) is 0.333. The molecule has 1 aromatic carbocycles. The molecule has 0 atom stereocenters. The minimum absolute atomic E-state index is 0.709. The Labute approximate surface area is 79.0 Å². The topological polar surface area (TPSA) is 9.23 Å². The van der Waals surface area contributed by atoms with Gasteiger partial charge in [-0.2, -0.15) is 0 Å². The summed E-state index contributed by atoms with van der Waals surface area (Å²) in [5.74, 6) is 0. The van der Waals surface area contributed by atoms with Crippen molar-refractivity contribution in [3.8, 4) is 0 Å². The van der Waals surface area contributed by atoms with Gasteiger partial charge in [-0.1, -0.05) is 24.3 Å². The molecule has 0 aliphatic heterocycles. The quantitative estimate of drug-likeness (QED) is 0.670. The van der Waals surface area contributed by atoms with Crippen molar-refractivity contribution in [2.45, 2.75) is 19.4 Å². The van der Waals surface area contributed by atoms with Crippen LogP contribution in [0.2, 0.25) is 0 Å². The summed E-state index contributed by atoms with van der Waals surface area (Å²) < 4.78 is 5.09. The maximum atomic E-state index is 5.09. The molecule has 1 aliphatic carbocycles. The van der Waals surface area contributed by atoms with E-state index in [2.05, 4.69) is 30.4 Å². The summed E-state index contributed by atoms with van der Waals surface area (Å²) in [6.45, 7) is 0.709. The minimum atomic E-state index is 0.709. The fourth-order valence-corrected chi connectivity index (χ4v) is 1.73. The van der Waals surface area contributed by atoms with Crippen molar-refractivity contribution in [3.63, 3.8) is 0 Å². The normalized spacial score (nSPS) is 14.2. The van der Waals surface area contributed by atoms with Crippen LogP contribution in [0.3, 0.4) is 0 Å². The maximum Gasteiger partial charge on any atom is 0.0713 e. The number of hydrogen-bond donors (Lipinski definition) is 0. The molecule has 2 rings (SSSR count). The summed E-state index contributed by atoms with van der Waals surface area (Å²) in [6.07, 6.45) is 6.80. The van der Waals surface area contributed by atoms with Crippen LogP contribution in [0.25, 0.3) is 6.08 Å². The largest absolute Gasteiger partial charge is 0.380 e. The third-order valence-electron chi connectivity index (χ3n) is 2.40. The highest BCUT2D eigenvalue weighted by Gasteiger charge is 2.04. The molecule has 1 aliphatic rings. The maximum absolute atomic E-state index is 5.09. The lowest BCUT2D eigenvalue weighted by atomic mass is 9.96. The summed E-state index contributed by atoms with van der Waals surface area (Å²) >= 11 is 0. The molecule has 68 valence electrons. The number of ether oxygens (including phenoxy) is 1. The van der Waals surface area contributed by atoms with Gasteiger partial charge in [0.05, 0.1) is 6.61 Å². The van der Waals surface area contributed by atoms with E-state index in [4.69, 9.17) is 4.74 Å². The van der Waals surface area contributed by atoms with E-state index in [0.29, 0.717) is 6.61 Å². The minimum Gasteiger partial charge on any atom is -0.380 e. The van der Waals surface area contributed by atoms with Crippen LogP contribution >= 0.6 is 0 Å². The van der Waals surface area contributed by atoms with Gasteiger partial charge in [-0.3, -0.25) is 0 Å². The first kappa shape index (κ1) is 8.52. The van der Waals surface area contributed by atoms with E-state index in [-0.39, 0.29) is 0 Å². The summed E-state index contributed by atoms with van der Waals surface area (Å²) in [5, 5.41) is 0. The van der Waals surface area contributed by atoms with E-state index in [9.17, 15) is 0 Å². The average Bonchev–Trinajstić information content (AvgIpc) is 2.18. The van der Waals surface area contributed by atoms with E-state index in [1.54, 1.807) is 7.11 Å². The number of fused-ring (bicyclic) bond motifs is 1. The molecule has 0 saturated heterocycles. The molecule has 1 nitrogen and oxygen atoms in total. The molecule has 0 heterocycles. The van der Waals surface area contributed by atoms with Crippen LogP contribution in [0.1, 0.15) is 23.1 Å². The van der Waals surface area contributed by atoms with Gasteiger partial charge in [0.2, 0.25) is 0 Å². The Morgan fingerprint density at radius 3 is 3.15 bits per heavy atom. The Balaban J connectivity index is 2.31. The van der Waals surface area contributed by atoms with Crippen molar-refractivity contribution in [2.24, 2.45) is 0 Å². The zero-order valence-electron chi connectivity index (χ0n) is 7.92. The van der Waals surface area contributed by atoms with Gasteiger partial charge in [0.1, 0.15) is 0 Å². The standard InChI is InChI=1S/C12H14O/c1-13-9-10-6-7-11-4-2-3-5-12(11)8-10/h3,5-8H,2,4,9H2,1H3. The molecule has 0 aromatic heterocycles. The number of aryl methyl sites for hydroxylation is 1. The van der Waals surface area contributed by atoms with E-state index in [0.717, 1.165) is 0 Å². The highest BCUT2D eigenvalue weighted by Crippen LogP contribution is 2.20. The summed E-state index contributed by atoms with van der Waals surface area (Å²) in [5.41, 5.74) is 4.08. The lowest BCUT2D eigenvalue weighted by Crippen LogP contribution is -1.96. The third-order valence-corrected chi connectivity index (χ3v) is 2.40. The first-order chi connectivity index (χ1) is 6.40. The smallest absolute Gasteiger partial charge is 0.0713 e. The van der Waals surface area contributed by atoms with Crippen LogP contribution in [0.15, 0.2) is 24.3 Å². The summed E-state index contributed by atoms with van der Waals surface area (Å²) in [7, 11) is 1.73. The summed E-state index contributed by atoms with van der Waals surface area (Å²) in [6, 6.07) is 6.59. The van der Waals surface area contributed by atoms with E-state index >= 15 is 0 Å². The van der Waals surface area contributed by atoms with Gasteiger partial charge in [0.15, 0.2) is 0 Å². The van der Waals surface area contributed by atoms with Gasteiger partial charge in [-0.05, 0) is 35.6 Å². The molecule has 13 heavy (non-hydrogen) atoms. The van der Waals surface area contributed by atoms with Crippen LogP contribution < -0.4 is 0 Å². The zero-order valence-corrected chi connectivity index (χ0v) is 7.92. The second-order valence-electron chi connectivity index (χ2n) is 3.41. The van der Waals surface area contributed by atoms with Gasteiger partial charge < -0.3 is 4.74 Å². The van der Waals surface area contributed by atoms with Crippen LogP contribution in [0, 0.1) is 0 Å². The molecular formula is C12H14O. The molecule has 0 bridgehead atoms. The number of hydrogen-bond acceptors (Lipinski definition) is 1. The molecule has 0 radical (unpaired) electrons. The van der Waals surface area contributed by atoms with E-state index in [1.165, 1.54) is 29.5 Å². The van der Waals surface area contributed by atoms with Crippen molar-refractivity contribution < 1.29 is 4.74 Å². The Morgan fingerprint density at radius 1 is 1.38 bits per heavy atom. The fourth-order valence-electron chi connectivity index (χ4n) is 1.73. The molecule has 0 spiro atoms. The SMILES string of the molecule is COCc1ccc2c(c1)C=CCC2. The monoisotopic (exact) mass is 174 g/mol. The van der Waals surface area contributed by atoms with Crippen LogP contribution in [0.5, 0.6) is 0 Å². The van der Waals surface area contributed by atoms with E-state index in [1.807, 2.05) is 0 Å². The lowest BCUT2D eigenvalue weighted by Gasteiger charge is -2.11. The molecule has 0 N–H and O–H groups in total. The number of methoxy groups -OCH3 is 1. The number of allylic oxidation sites excluding steroid dienone is 1. The average molecular weight is 174 g/mol. The molecule has 0 saturated carbocycles. The lowest BCUT2D eigenvalue weighted by molar-refractivity contribution is 0.185. The molecule has 1 heteroatoms. The van der Waals surface area contributed by atoms with Gasteiger partial charge in [0.25, 0.3) is 0 Å². The summed E-state index contributed by atoms with van der Waals surface area (Å²) in [4.78, 5) is 0. The number of rotatable bonds is 2. The van der Waals surface area contributed by atoms with Crippen LogP contribution in [0.4, 0.5) is 0 Å². The van der Waals surface area contributed by atoms with Gasteiger partial charge in [-0.25, -0.2) is 0 Å². The third kappa shape index (κ3) is 1.81. The predicted molar refractivity (Wildman–Crippen MR) is 54.5 cm³/mol. The van der Waals surface area contributed by atoms with Crippen molar-refractivity contribution in [3.05, 3.63) is 41.0 Å². The Hall–Kier alpha value is -1.08. The van der Waals surface area contributed by atoms with Gasteiger partial charge in [0, 0.05) is 7.11 Å². The van der Waals surface area contributed by atoms with Gasteiger partial charge >= 0.3 is 0 Å². The van der Waals surface area contributed by atoms with Crippen LogP contribution in [-0.2, 0) is 17.8 Å². The molecule has 0 unspecified atom stereocenters. The Morgan fingerprint density at radius 2 is 2.31 bits per heavy atom. The zero-order chi connectivity index (χ0) is 9.10. The van der Waals surface area contributed by atoms with Crippen molar-refractivity contribution in [2.75, 3.05) is 7.11 Å². The first-order valence-electron chi connectivity index (χ1n) is 4.67. The second-order valence-corrected chi connectivity index (χ2v) is 3.41. The highest BCUT2D eigenvalue weighted by atomic mass is 16.5. The first-order valence-corrected chi connectivity index (χ1v) is 4.67. The van der Waals surface area contributed by atoms with Crippen LogP contribution in [-0.4, -0.2) is 7.11 Å². The molecule has 0 fully saturated rings. The molecule has 1 aromatic rings. The predicted octanol–water partition coefficient (Wildman–Crippen LogP) is 2.79. The second kappa shape index (κ2) is 3.75. The molecule has 0 amide bonds. The van der Waals surface area contributed by atoms with Crippen molar-refractivity contribution >= 4 is 6.08 Å². The Bertz CT molecular complexity index is 326.